The molecule has 0 spiro atoms. The third-order valence-electron chi connectivity index (χ3n) is 3.45. The minimum absolute atomic E-state index is 0.0341. The number of rotatable bonds is 6. The van der Waals surface area contributed by atoms with Crippen molar-refractivity contribution >= 4 is 17.6 Å². The molecule has 3 rings (SSSR count). The summed E-state index contributed by atoms with van der Waals surface area (Å²) in [5.74, 6) is -0.442. The monoisotopic (exact) mass is 353 g/mol. The summed E-state index contributed by atoms with van der Waals surface area (Å²) in [5.41, 5.74) is 0.777. The third kappa shape index (κ3) is 4.15. The van der Waals surface area contributed by atoms with Gasteiger partial charge in [-0.05, 0) is 25.0 Å². The quantitative estimate of drug-likeness (QED) is 0.626. The summed E-state index contributed by atoms with van der Waals surface area (Å²) in [4.78, 5) is 16.4. The van der Waals surface area contributed by atoms with E-state index in [9.17, 15) is 10.0 Å². The predicted molar refractivity (Wildman–Crippen MR) is 83.1 cm³/mol. The molecule has 24 heavy (non-hydrogen) atoms. The summed E-state index contributed by atoms with van der Waals surface area (Å²) < 4.78 is 15.7. The molecule has 1 fully saturated rings. The molecule has 2 aromatic rings. The van der Waals surface area contributed by atoms with Crippen LogP contribution in [0.2, 0.25) is 5.02 Å². The number of carbonyl (C=O) groups excluding carboxylic acids is 1. The molecule has 3 heterocycles. The number of esters is 1. The van der Waals surface area contributed by atoms with Crippen LogP contribution in [0.5, 0.6) is 5.88 Å². The van der Waals surface area contributed by atoms with Crippen molar-refractivity contribution in [2.75, 3.05) is 19.8 Å². The molecule has 8 nitrogen and oxygen atoms in total. The van der Waals surface area contributed by atoms with Gasteiger partial charge in [0.1, 0.15) is 12.3 Å². The van der Waals surface area contributed by atoms with Crippen molar-refractivity contribution in [3.8, 4) is 17.3 Å². The van der Waals surface area contributed by atoms with E-state index >= 15 is 0 Å². The van der Waals surface area contributed by atoms with Crippen LogP contribution in [0.3, 0.4) is 0 Å². The van der Waals surface area contributed by atoms with Crippen LogP contribution in [0.4, 0.5) is 0 Å². The molecule has 0 radical (unpaired) electrons. The van der Waals surface area contributed by atoms with E-state index in [1.165, 1.54) is 12.3 Å². The van der Waals surface area contributed by atoms with Gasteiger partial charge in [-0.15, -0.1) is 0 Å². The van der Waals surface area contributed by atoms with Crippen molar-refractivity contribution in [3.63, 3.8) is 0 Å². The zero-order chi connectivity index (χ0) is 16.9. The minimum Gasteiger partial charge on any atom is -0.464 e. The van der Waals surface area contributed by atoms with Crippen molar-refractivity contribution in [2.45, 2.75) is 18.9 Å². The fraction of sp³-hybridized carbons (Fsp3) is 0.400. The number of aromatic nitrogens is 3. The Kier molecular flexibility index (Phi) is 5.17. The Hall–Kier alpha value is -2.32. The van der Waals surface area contributed by atoms with E-state index < -0.39 is 5.97 Å². The van der Waals surface area contributed by atoms with Gasteiger partial charge in [-0.25, -0.2) is 4.79 Å². The van der Waals surface area contributed by atoms with Crippen LogP contribution in [-0.2, 0) is 14.3 Å². The Bertz CT molecular complexity index is 698. The highest BCUT2D eigenvalue weighted by atomic mass is 35.5. The predicted octanol–water partition coefficient (Wildman–Crippen LogP) is 1.94. The summed E-state index contributed by atoms with van der Waals surface area (Å²) in [5, 5.41) is 14.0. The first-order valence-corrected chi connectivity index (χ1v) is 7.81. The van der Waals surface area contributed by atoms with E-state index in [-0.39, 0.29) is 25.2 Å². The summed E-state index contributed by atoms with van der Waals surface area (Å²) in [6, 6.07) is 4.73. The van der Waals surface area contributed by atoms with Gasteiger partial charge in [0.15, 0.2) is 6.61 Å². The average molecular weight is 354 g/mol. The fourth-order valence-electron chi connectivity index (χ4n) is 2.26. The molecule has 0 aliphatic carbocycles. The van der Waals surface area contributed by atoms with Crippen molar-refractivity contribution in [1.82, 2.24) is 14.9 Å². The van der Waals surface area contributed by atoms with Gasteiger partial charge >= 0.3 is 5.97 Å². The molecule has 1 atom stereocenters. The van der Waals surface area contributed by atoms with Crippen LogP contribution in [0.15, 0.2) is 24.4 Å². The maximum Gasteiger partial charge on any atom is 0.344 e. The van der Waals surface area contributed by atoms with E-state index in [2.05, 4.69) is 10.1 Å². The lowest BCUT2D eigenvalue weighted by molar-refractivity contribution is -0.149. The number of hydrogen-bond donors (Lipinski definition) is 1. The summed E-state index contributed by atoms with van der Waals surface area (Å²) in [7, 11) is 0. The first kappa shape index (κ1) is 16.5. The second kappa shape index (κ2) is 7.50. The van der Waals surface area contributed by atoms with Gasteiger partial charge in [0.05, 0.1) is 16.8 Å². The lowest BCUT2D eigenvalue weighted by Crippen LogP contribution is -2.21. The highest BCUT2D eigenvalue weighted by Crippen LogP contribution is 2.22. The second-order valence-electron chi connectivity index (χ2n) is 5.23. The molecular formula is C15H16ClN3O5. The Morgan fingerprint density at radius 3 is 3.08 bits per heavy atom. The Morgan fingerprint density at radius 1 is 1.50 bits per heavy atom. The lowest BCUT2D eigenvalue weighted by atomic mass is 10.2. The lowest BCUT2D eigenvalue weighted by Gasteiger charge is -2.09. The SMILES string of the molecule is O=C(COc1cc(-c2ccc(Cl)cn2)n(O)n1)OCC1CCCO1. The molecule has 2 aromatic heterocycles. The minimum atomic E-state index is -0.524. The Labute approximate surface area is 142 Å². The first-order valence-electron chi connectivity index (χ1n) is 7.43. The molecule has 1 unspecified atom stereocenters. The first-order chi connectivity index (χ1) is 11.6. The van der Waals surface area contributed by atoms with Gasteiger partial charge in [-0.1, -0.05) is 21.5 Å². The van der Waals surface area contributed by atoms with Gasteiger partial charge in [0, 0.05) is 18.9 Å². The van der Waals surface area contributed by atoms with E-state index in [0.29, 0.717) is 27.9 Å². The molecule has 0 aromatic carbocycles. The van der Waals surface area contributed by atoms with Gasteiger partial charge in [-0.2, -0.15) is 0 Å². The topological polar surface area (TPSA) is 95.7 Å². The maximum atomic E-state index is 11.6. The van der Waals surface area contributed by atoms with E-state index in [0.717, 1.165) is 12.8 Å². The average Bonchev–Trinajstić information content (AvgIpc) is 3.21. The number of hydrogen-bond acceptors (Lipinski definition) is 7. The standard InChI is InChI=1S/C15H16ClN3O5/c16-10-3-4-12(17-7-10)13-6-14(18-19(13)21)23-9-15(20)24-8-11-2-1-5-22-11/h3-4,6-7,11,21H,1-2,5,8-9H2. The number of carbonyl (C=O) groups is 1. The maximum absolute atomic E-state index is 11.6. The normalized spacial score (nSPS) is 17.0. The van der Waals surface area contributed by atoms with Crippen molar-refractivity contribution in [3.05, 3.63) is 29.4 Å². The van der Waals surface area contributed by atoms with Crippen molar-refractivity contribution < 1.29 is 24.2 Å². The van der Waals surface area contributed by atoms with Crippen LogP contribution in [0.1, 0.15) is 12.8 Å². The fourth-order valence-corrected chi connectivity index (χ4v) is 2.37. The van der Waals surface area contributed by atoms with Gasteiger partial charge in [-0.3, -0.25) is 4.98 Å². The van der Waals surface area contributed by atoms with Crippen molar-refractivity contribution in [1.29, 1.82) is 0 Å². The van der Waals surface area contributed by atoms with Crippen LogP contribution in [0, 0.1) is 0 Å². The number of halogens is 1. The van der Waals surface area contributed by atoms with E-state index in [1.807, 2.05) is 0 Å². The molecule has 9 heteroatoms. The number of nitrogens with zero attached hydrogens (tertiary/aromatic N) is 3. The molecule has 1 N–H and O–H groups in total. The molecule has 1 aliphatic rings. The molecular weight excluding hydrogens is 338 g/mol. The highest BCUT2D eigenvalue weighted by molar-refractivity contribution is 6.30. The van der Waals surface area contributed by atoms with Gasteiger partial charge in [0.2, 0.25) is 5.88 Å². The Morgan fingerprint density at radius 2 is 2.38 bits per heavy atom. The number of pyridine rings is 1. The molecule has 1 saturated heterocycles. The molecule has 1 aliphatic heterocycles. The summed E-state index contributed by atoms with van der Waals surface area (Å²) in [6.07, 6.45) is 3.29. The van der Waals surface area contributed by atoms with Gasteiger partial charge < -0.3 is 19.4 Å². The van der Waals surface area contributed by atoms with Crippen LogP contribution < -0.4 is 4.74 Å². The largest absolute Gasteiger partial charge is 0.464 e. The molecule has 128 valence electrons. The van der Waals surface area contributed by atoms with Crippen LogP contribution in [-0.4, -0.2) is 52.0 Å². The van der Waals surface area contributed by atoms with E-state index in [1.54, 1.807) is 12.1 Å². The zero-order valence-electron chi connectivity index (χ0n) is 12.7. The zero-order valence-corrected chi connectivity index (χ0v) is 13.5. The second-order valence-corrected chi connectivity index (χ2v) is 5.66. The van der Waals surface area contributed by atoms with E-state index in [4.69, 9.17) is 25.8 Å². The molecule has 0 amide bonds. The smallest absolute Gasteiger partial charge is 0.344 e. The van der Waals surface area contributed by atoms with Gasteiger partial charge in [0.25, 0.3) is 0 Å². The van der Waals surface area contributed by atoms with Crippen molar-refractivity contribution in [2.24, 2.45) is 0 Å². The summed E-state index contributed by atoms with van der Waals surface area (Å²) in [6.45, 7) is 0.613. The molecule has 0 saturated carbocycles. The Balaban J connectivity index is 1.53. The van der Waals surface area contributed by atoms with Crippen LogP contribution >= 0.6 is 11.6 Å². The third-order valence-corrected chi connectivity index (χ3v) is 3.67. The summed E-state index contributed by atoms with van der Waals surface area (Å²) >= 11 is 5.77. The number of ether oxygens (including phenoxy) is 3. The van der Waals surface area contributed by atoms with Crippen LogP contribution in [0.25, 0.3) is 11.4 Å². The highest BCUT2D eigenvalue weighted by Gasteiger charge is 2.18. The molecule has 0 bridgehead atoms.